The van der Waals surface area contributed by atoms with Crippen LogP contribution < -0.4 is 5.32 Å². The highest BCUT2D eigenvalue weighted by Gasteiger charge is 2.17. The van der Waals surface area contributed by atoms with Gasteiger partial charge in [-0.3, -0.25) is 4.79 Å². The summed E-state index contributed by atoms with van der Waals surface area (Å²) in [6.45, 7) is 3.55. The second-order valence-corrected chi connectivity index (χ2v) is 6.25. The van der Waals surface area contributed by atoms with Crippen molar-refractivity contribution in [3.63, 3.8) is 0 Å². The summed E-state index contributed by atoms with van der Waals surface area (Å²) in [4.78, 5) is 36.0. The predicted molar refractivity (Wildman–Crippen MR) is 84.3 cm³/mol. The van der Waals surface area contributed by atoms with Crippen molar-refractivity contribution in [2.45, 2.75) is 18.9 Å². The second-order valence-electron chi connectivity index (χ2n) is 4.26. The largest absolute Gasteiger partial charge is 0.465 e. The lowest BCUT2D eigenvalue weighted by Crippen LogP contribution is -2.13. The minimum absolute atomic E-state index is 0.197. The zero-order valence-electron chi connectivity index (χ0n) is 12.2. The summed E-state index contributed by atoms with van der Waals surface area (Å²) in [5, 5.41) is 3.77. The third kappa shape index (κ3) is 4.25. The van der Waals surface area contributed by atoms with Crippen LogP contribution in [0.15, 0.2) is 17.4 Å². The Kier molecular flexibility index (Phi) is 5.45. The number of methoxy groups -OCH3 is 1. The van der Waals surface area contributed by atoms with Crippen molar-refractivity contribution in [2.75, 3.05) is 18.2 Å². The number of amides is 1. The summed E-state index contributed by atoms with van der Waals surface area (Å²) < 4.78 is 4.65. The van der Waals surface area contributed by atoms with Gasteiger partial charge < -0.3 is 10.1 Å². The molecule has 0 aliphatic rings. The van der Waals surface area contributed by atoms with Crippen molar-refractivity contribution >= 4 is 40.1 Å². The van der Waals surface area contributed by atoms with E-state index in [0.29, 0.717) is 15.7 Å². The maximum atomic E-state index is 11.9. The molecule has 116 valence electrons. The van der Waals surface area contributed by atoms with E-state index < -0.39 is 5.97 Å². The van der Waals surface area contributed by atoms with Crippen molar-refractivity contribution in [3.05, 3.63) is 28.7 Å². The fourth-order valence-electron chi connectivity index (χ4n) is 1.54. The van der Waals surface area contributed by atoms with E-state index in [2.05, 4.69) is 25.0 Å². The highest BCUT2D eigenvalue weighted by atomic mass is 32.2. The molecule has 2 aromatic rings. The van der Waals surface area contributed by atoms with E-state index in [1.54, 1.807) is 13.0 Å². The Hall–Kier alpha value is -2.00. The standard InChI is InChI=1S/C13H14N4O3S2/c1-7-4-10(15-6-14-7)21-5-9(18)17-13-16-8(2)11(22-13)12(19)20-3/h4,6H,5H2,1-3H3,(H,16,17,18). The molecule has 0 spiro atoms. The molecular weight excluding hydrogens is 324 g/mol. The molecule has 0 aliphatic carbocycles. The Morgan fingerprint density at radius 3 is 2.82 bits per heavy atom. The van der Waals surface area contributed by atoms with Crippen LogP contribution in [0.3, 0.4) is 0 Å². The van der Waals surface area contributed by atoms with Gasteiger partial charge in [0, 0.05) is 5.69 Å². The number of carbonyl (C=O) groups excluding carboxylic acids is 2. The summed E-state index contributed by atoms with van der Waals surface area (Å²) in [6.07, 6.45) is 1.46. The zero-order chi connectivity index (χ0) is 16.1. The van der Waals surface area contributed by atoms with Gasteiger partial charge in [-0.2, -0.15) is 0 Å². The van der Waals surface area contributed by atoms with Crippen molar-refractivity contribution in [1.82, 2.24) is 15.0 Å². The molecule has 9 heteroatoms. The number of carbonyl (C=O) groups is 2. The fourth-order valence-corrected chi connectivity index (χ4v) is 3.16. The normalized spacial score (nSPS) is 10.3. The maximum Gasteiger partial charge on any atom is 0.350 e. The topological polar surface area (TPSA) is 94.1 Å². The van der Waals surface area contributed by atoms with Crippen molar-refractivity contribution in [2.24, 2.45) is 0 Å². The van der Waals surface area contributed by atoms with Gasteiger partial charge in [-0.15, -0.1) is 0 Å². The number of thiazole rings is 1. The number of hydrogen-bond acceptors (Lipinski definition) is 8. The molecule has 1 N–H and O–H groups in total. The van der Waals surface area contributed by atoms with Gasteiger partial charge in [-0.05, 0) is 19.9 Å². The number of nitrogens with one attached hydrogen (secondary N) is 1. The molecule has 0 bridgehead atoms. The number of thioether (sulfide) groups is 1. The van der Waals surface area contributed by atoms with Gasteiger partial charge in [-0.25, -0.2) is 19.7 Å². The molecule has 22 heavy (non-hydrogen) atoms. The first-order valence-electron chi connectivity index (χ1n) is 6.26. The van der Waals surface area contributed by atoms with Crippen LogP contribution in [0.2, 0.25) is 0 Å². The number of ether oxygens (including phenoxy) is 1. The van der Waals surface area contributed by atoms with Crippen molar-refractivity contribution in [3.8, 4) is 0 Å². The molecule has 0 radical (unpaired) electrons. The average Bonchev–Trinajstić information content (AvgIpc) is 2.85. The summed E-state index contributed by atoms with van der Waals surface area (Å²) >= 11 is 2.40. The molecule has 2 aromatic heterocycles. The molecule has 0 atom stereocenters. The van der Waals surface area contributed by atoms with Gasteiger partial charge in [-0.1, -0.05) is 23.1 Å². The molecular formula is C13H14N4O3S2. The predicted octanol–water partition coefficient (Wildman–Crippen LogP) is 2.07. The number of nitrogens with zero attached hydrogens (tertiary/aromatic N) is 3. The Balaban J connectivity index is 1.93. The smallest absolute Gasteiger partial charge is 0.350 e. The monoisotopic (exact) mass is 338 g/mol. The Labute approximate surface area is 135 Å². The molecule has 0 unspecified atom stereocenters. The second kappa shape index (κ2) is 7.32. The number of aromatic nitrogens is 3. The van der Waals surface area contributed by atoms with Gasteiger partial charge in [0.15, 0.2) is 5.13 Å². The quantitative estimate of drug-likeness (QED) is 0.506. The van der Waals surface area contributed by atoms with Crippen molar-refractivity contribution in [1.29, 1.82) is 0 Å². The minimum Gasteiger partial charge on any atom is -0.465 e. The Morgan fingerprint density at radius 2 is 2.14 bits per heavy atom. The Bertz CT molecular complexity index is 702. The maximum absolute atomic E-state index is 11.9. The average molecular weight is 338 g/mol. The third-order valence-electron chi connectivity index (χ3n) is 2.54. The third-order valence-corrected chi connectivity index (χ3v) is 4.52. The van der Waals surface area contributed by atoms with Crippen LogP contribution in [0, 0.1) is 13.8 Å². The molecule has 7 nitrogen and oxygen atoms in total. The van der Waals surface area contributed by atoms with E-state index in [1.165, 1.54) is 25.2 Å². The zero-order valence-corrected chi connectivity index (χ0v) is 13.9. The highest BCUT2D eigenvalue weighted by molar-refractivity contribution is 7.99. The number of hydrogen-bond donors (Lipinski definition) is 1. The molecule has 0 saturated heterocycles. The summed E-state index contributed by atoms with van der Waals surface area (Å²) in [7, 11) is 1.31. The van der Waals surface area contributed by atoms with Crippen LogP contribution in [0.4, 0.5) is 5.13 Å². The van der Waals surface area contributed by atoms with E-state index >= 15 is 0 Å². The summed E-state index contributed by atoms with van der Waals surface area (Å²) in [6, 6.07) is 1.81. The van der Waals surface area contributed by atoms with Crippen LogP contribution >= 0.6 is 23.1 Å². The fraction of sp³-hybridized carbons (Fsp3) is 0.308. The molecule has 2 rings (SSSR count). The number of anilines is 1. The summed E-state index contributed by atoms with van der Waals surface area (Å²) in [5.74, 6) is -0.476. The molecule has 1 amide bonds. The lowest BCUT2D eigenvalue weighted by atomic mass is 10.4. The number of esters is 1. The van der Waals surface area contributed by atoms with Gasteiger partial charge in [0.25, 0.3) is 0 Å². The van der Waals surface area contributed by atoms with Gasteiger partial charge in [0.2, 0.25) is 5.91 Å². The minimum atomic E-state index is -0.457. The first-order chi connectivity index (χ1) is 10.5. The lowest BCUT2D eigenvalue weighted by Gasteiger charge is -2.01. The van der Waals surface area contributed by atoms with Crippen LogP contribution in [0.25, 0.3) is 0 Å². The SMILES string of the molecule is COC(=O)c1sc(NC(=O)CSc2cc(C)ncn2)nc1C. The van der Waals surface area contributed by atoms with Gasteiger partial charge in [0.1, 0.15) is 16.2 Å². The van der Waals surface area contributed by atoms with Crippen LogP contribution in [-0.4, -0.2) is 39.7 Å². The van der Waals surface area contributed by atoms with E-state index in [1.807, 2.05) is 6.92 Å². The molecule has 2 heterocycles. The van der Waals surface area contributed by atoms with Crippen LogP contribution in [0.5, 0.6) is 0 Å². The molecule has 0 fully saturated rings. The van der Waals surface area contributed by atoms with E-state index in [-0.39, 0.29) is 11.7 Å². The van der Waals surface area contributed by atoms with Crippen molar-refractivity contribution < 1.29 is 14.3 Å². The highest BCUT2D eigenvalue weighted by Crippen LogP contribution is 2.23. The molecule has 0 saturated carbocycles. The number of aryl methyl sites for hydroxylation is 2. The Morgan fingerprint density at radius 1 is 1.36 bits per heavy atom. The van der Waals surface area contributed by atoms with Crippen LogP contribution in [0.1, 0.15) is 21.1 Å². The van der Waals surface area contributed by atoms with Gasteiger partial charge >= 0.3 is 5.97 Å². The van der Waals surface area contributed by atoms with E-state index in [9.17, 15) is 9.59 Å². The van der Waals surface area contributed by atoms with Crippen LogP contribution in [-0.2, 0) is 9.53 Å². The van der Waals surface area contributed by atoms with E-state index in [4.69, 9.17) is 0 Å². The number of rotatable bonds is 5. The summed E-state index contributed by atoms with van der Waals surface area (Å²) in [5.41, 5.74) is 1.38. The molecule has 0 aliphatic heterocycles. The first-order valence-corrected chi connectivity index (χ1v) is 8.07. The first kappa shape index (κ1) is 16.4. The molecule has 0 aromatic carbocycles. The lowest BCUT2D eigenvalue weighted by molar-refractivity contribution is -0.113. The van der Waals surface area contributed by atoms with E-state index in [0.717, 1.165) is 22.1 Å². The van der Waals surface area contributed by atoms with Gasteiger partial charge in [0.05, 0.1) is 18.6 Å².